The molecule has 2 N–H and O–H groups in total. The molecule has 0 aliphatic rings. The van der Waals surface area contributed by atoms with E-state index >= 15 is 0 Å². The Morgan fingerprint density at radius 3 is 2.80 bits per heavy atom. The normalized spacial score (nSPS) is 10.3. The van der Waals surface area contributed by atoms with Gasteiger partial charge in [-0.05, 0) is 36.8 Å². The Kier molecular flexibility index (Phi) is 4.63. The van der Waals surface area contributed by atoms with Crippen molar-refractivity contribution in [3.63, 3.8) is 0 Å². The zero-order valence-corrected chi connectivity index (χ0v) is 12.2. The Balaban J connectivity index is 2.11. The van der Waals surface area contributed by atoms with Crippen LogP contribution >= 0.6 is 11.8 Å². The Bertz CT molecular complexity index is 629. The van der Waals surface area contributed by atoms with E-state index < -0.39 is 5.97 Å². The molecule has 0 unspecified atom stereocenters. The molecule has 5 heteroatoms. The number of anilines is 1. The number of benzene rings is 1. The number of methoxy groups -OCH3 is 1. The minimum Gasteiger partial charge on any atom is -0.464 e. The van der Waals surface area contributed by atoms with E-state index in [1.165, 1.54) is 7.11 Å². The number of nitrogens with zero attached hydrogens (tertiary/aromatic N) is 1. The van der Waals surface area contributed by atoms with Gasteiger partial charge in [-0.15, -0.1) is 11.8 Å². The molecule has 0 spiro atoms. The summed E-state index contributed by atoms with van der Waals surface area (Å²) in [5, 5.41) is 0. The van der Waals surface area contributed by atoms with Gasteiger partial charge in [-0.2, -0.15) is 0 Å². The Morgan fingerprint density at radius 2 is 2.05 bits per heavy atom. The first kappa shape index (κ1) is 14.4. The number of hydrogen-bond donors (Lipinski definition) is 1. The number of carbonyl (C=O) groups excluding carboxylic acids is 1. The summed E-state index contributed by atoms with van der Waals surface area (Å²) in [4.78, 5) is 16.8. The fourth-order valence-corrected chi connectivity index (χ4v) is 2.69. The zero-order valence-electron chi connectivity index (χ0n) is 11.4. The van der Waals surface area contributed by atoms with Crippen LogP contribution in [0.2, 0.25) is 0 Å². The number of hydrogen-bond acceptors (Lipinski definition) is 5. The summed E-state index contributed by atoms with van der Waals surface area (Å²) in [5.41, 5.74) is 8.90. The smallest absolute Gasteiger partial charge is 0.356 e. The number of esters is 1. The highest BCUT2D eigenvalue weighted by Crippen LogP contribution is 2.28. The number of aromatic nitrogens is 1. The Morgan fingerprint density at radius 1 is 1.30 bits per heavy atom. The summed E-state index contributed by atoms with van der Waals surface area (Å²) in [6.07, 6.45) is 0. The van der Waals surface area contributed by atoms with E-state index in [2.05, 4.69) is 9.72 Å². The van der Waals surface area contributed by atoms with E-state index in [1.807, 2.05) is 31.2 Å². The van der Waals surface area contributed by atoms with Crippen molar-refractivity contribution >= 4 is 23.4 Å². The highest BCUT2D eigenvalue weighted by Gasteiger charge is 2.08. The molecule has 104 valence electrons. The van der Waals surface area contributed by atoms with Crippen LogP contribution in [0, 0.1) is 6.92 Å². The molecule has 0 saturated carbocycles. The predicted molar refractivity (Wildman–Crippen MR) is 80.7 cm³/mol. The Labute approximate surface area is 122 Å². The molecule has 0 bridgehead atoms. The lowest BCUT2D eigenvalue weighted by atomic mass is 10.2. The van der Waals surface area contributed by atoms with Crippen LogP contribution in [0.1, 0.15) is 21.7 Å². The molecule has 2 aromatic rings. The molecular weight excluding hydrogens is 272 g/mol. The van der Waals surface area contributed by atoms with Crippen LogP contribution in [0.5, 0.6) is 0 Å². The molecule has 0 fully saturated rings. The lowest BCUT2D eigenvalue weighted by Gasteiger charge is -2.08. The molecule has 4 nitrogen and oxygen atoms in total. The van der Waals surface area contributed by atoms with Crippen molar-refractivity contribution in [2.24, 2.45) is 0 Å². The predicted octanol–water partition coefficient (Wildman–Crippen LogP) is 3.05. The van der Waals surface area contributed by atoms with E-state index in [0.29, 0.717) is 11.4 Å². The average Bonchev–Trinajstić information content (AvgIpc) is 2.48. The zero-order chi connectivity index (χ0) is 14.5. The van der Waals surface area contributed by atoms with E-state index in [1.54, 1.807) is 23.9 Å². The van der Waals surface area contributed by atoms with Crippen molar-refractivity contribution in [2.75, 3.05) is 12.8 Å². The summed E-state index contributed by atoms with van der Waals surface area (Å²) >= 11 is 1.65. The van der Waals surface area contributed by atoms with E-state index in [-0.39, 0.29) is 0 Å². The third-order valence-corrected chi connectivity index (χ3v) is 4.10. The van der Waals surface area contributed by atoms with Crippen LogP contribution in [0.3, 0.4) is 0 Å². The largest absolute Gasteiger partial charge is 0.464 e. The van der Waals surface area contributed by atoms with Crippen molar-refractivity contribution in [1.29, 1.82) is 0 Å². The summed E-state index contributed by atoms with van der Waals surface area (Å²) in [6, 6.07) is 11.2. The topological polar surface area (TPSA) is 65.2 Å². The summed E-state index contributed by atoms with van der Waals surface area (Å²) < 4.78 is 4.66. The third-order valence-electron chi connectivity index (χ3n) is 2.90. The maximum absolute atomic E-state index is 11.4. The molecule has 0 aliphatic heterocycles. The van der Waals surface area contributed by atoms with Gasteiger partial charge in [0.05, 0.1) is 12.8 Å². The van der Waals surface area contributed by atoms with Crippen molar-refractivity contribution in [3.05, 3.63) is 53.3 Å². The van der Waals surface area contributed by atoms with Gasteiger partial charge < -0.3 is 10.5 Å². The number of nitrogen functional groups attached to an aromatic ring is 1. The van der Waals surface area contributed by atoms with Crippen LogP contribution in [0.4, 0.5) is 5.69 Å². The molecule has 1 heterocycles. The van der Waals surface area contributed by atoms with Gasteiger partial charge in [0.2, 0.25) is 0 Å². The number of pyridine rings is 1. The van der Waals surface area contributed by atoms with Crippen LogP contribution in [-0.2, 0) is 10.5 Å². The molecule has 0 aliphatic carbocycles. The highest BCUT2D eigenvalue weighted by atomic mass is 32.2. The molecule has 0 radical (unpaired) electrons. The second kappa shape index (κ2) is 6.43. The summed E-state index contributed by atoms with van der Waals surface area (Å²) in [7, 11) is 1.35. The highest BCUT2D eigenvalue weighted by molar-refractivity contribution is 7.98. The van der Waals surface area contributed by atoms with Gasteiger partial charge in [0, 0.05) is 16.3 Å². The van der Waals surface area contributed by atoms with Gasteiger partial charge in [0.15, 0.2) is 0 Å². The molecule has 0 atom stereocenters. The quantitative estimate of drug-likeness (QED) is 0.532. The maximum Gasteiger partial charge on any atom is 0.356 e. The van der Waals surface area contributed by atoms with Gasteiger partial charge in [0.25, 0.3) is 0 Å². The van der Waals surface area contributed by atoms with Gasteiger partial charge in [-0.1, -0.05) is 12.1 Å². The van der Waals surface area contributed by atoms with E-state index in [9.17, 15) is 4.79 Å². The maximum atomic E-state index is 11.4. The fraction of sp³-hybridized carbons (Fsp3) is 0.200. The average molecular weight is 288 g/mol. The number of carbonyl (C=O) groups is 1. The number of thioether (sulfide) groups is 1. The van der Waals surface area contributed by atoms with E-state index in [4.69, 9.17) is 5.73 Å². The number of nitrogens with two attached hydrogens (primary N) is 1. The van der Waals surface area contributed by atoms with Gasteiger partial charge >= 0.3 is 5.97 Å². The van der Waals surface area contributed by atoms with Crippen LogP contribution in [-0.4, -0.2) is 18.1 Å². The molecule has 0 saturated heterocycles. The molecular formula is C15H16N2O2S. The van der Waals surface area contributed by atoms with Crippen molar-refractivity contribution in [2.45, 2.75) is 17.6 Å². The number of rotatable bonds is 4. The molecule has 1 aromatic heterocycles. The van der Waals surface area contributed by atoms with E-state index in [0.717, 1.165) is 21.8 Å². The lowest BCUT2D eigenvalue weighted by Crippen LogP contribution is -2.05. The first-order valence-electron chi connectivity index (χ1n) is 6.14. The van der Waals surface area contributed by atoms with Gasteiger partial charge in [0.1, 0.15) is 5.69 Å². The van der Waals surface area contributed by atoms with Gasteiger partial charge in [-0.3, -0.25) is 0 Å². The minimum absolute atomic E-state index is 0.329. The third kappa shape index (κ3) is 3.30. The van der Waals surface area contributed by atoms with Gasteiger partial charge in [-0.25, -0.2) is 9.78 Å². The first-order chi connectivity index (χ1) is 9.61. The second-order valence-electron chi connectivity index (χ2n) is 4.26. The summed E-state index contributed by atoms with van der Waals surface area (Å²) in [6.45, 7) is 2.00. The van der Waals surface area contributed by atoms with Crippen molar-refractivity contribution < 1.29 is 9.53 Å². The minimum atomic E-state index is -0.419. The standard InChI is InChI=1S/C15H16N2O2S/c1-10-12(16)6-4-8-14(10)20-9-11-5-3-7-13(17-11)15(18)19-2/h3-8H,9,16H2,1-2H3. The second-order valence-corrected chi connectivity index (χ2v) is 5.28. The summed E-state index contributed by atoms with van der Waals surface area (Å²) in [5.74, 6) is 0.256. The monoisotopic (exact) mass is 288 g/mol. The molecule has 20 heavy (non-hydrogen) atoms. The lowest BCUT2D eigenvalue weighted by molar-refractivity contribution is 0.0594. The van der Waals surface area contributed by atoms with Crippen LogP contribution in [0.15, 0.2) is 41.3 Å². The molecule has 1 aromatic carbocycles. The first-order valence-corrected chi connectivity index (χ1v) is 7.12. The molecule has 2 rings (SSSR count). The molecule has 0 amide bonds. The van der Waals surface area contributed by atoms with Crippen LogP contribution < -0.4 is 5.73 Å². The SMILES string of the molecule is COC(=O)c1cccc(CSc2cccc(N)c2C)n1. The Hall–Kier alpha value is -2.01. The fourth-order valence-electron chi connectivity index (χ4n) is 1.72. The number of ether oxygens (including phenoxy) is 1. The van der Waals surface area contributed by atoms with Crippen LogP contribution in [0.25, 0.3) is 0 Å². The van der Waals surface area contributed by atoms with Crippen molar-refractivity contribution in [3.8, 4) is 0 Å². The van der Waals surface area contributed by atoms with Crippen molar-refractivity contribution in [1.82, 2.24) is 4.98 Å².